The summed E-state index contributed by atoms with van der Waals surface area (Å²) in [5.41, 5.74) is 5.04. The van der Waals surface area contributed by atoms with Crippen LogP contribution in [0.25, 0.3) is 0 Å². The summed E-state index contributed by atoms with van der Waals surface area (Å²) in [6.07, 6.45) is 1.73. The molecule has 0 aliphatic carbocycles. The second-order valence-corrected chi connectivity index (χ2v) is 3.25. The molecule has 2 amide bonds. The fourth-order valence-corrected chi connectivity index (χ4v) is 1.49. The van der Waals surface area contributed by atoms with Crippen molar-refractivity contribution in [2.24, 2.45) is 5.73 Å². The van der Waals surface area contributed by atoms with Crippen LogP contribution in [0.1, 0.15) is 6.42 Å². The van der Waals surface area contributed by atoms with E-state index in [1.165, 1.54) is 0 Å². The second kappa shape index (κ2) is 4.76. The SMILES string of the molecule is C=CCN1CCNC(CC(N)=O)C1=O. The van der Waals surface area contributed by atoms with E-state index in [0.29, 0.717) is 19.6 Å². The molecule has 0 aromatic rings. The van der Waals surface area contributed by atoms with Crippen molar-refractivity contribution in [3.05, 3.63) is 12.7 Å². The number of carbonyl (C=O) groups excluding carboxylic acids is 2. The van der Waals surface area contributed by atoms with Gasteiger partial charge in [-0.2, -0.15) is 0 Å². The Bertz CT molecular complexity index is 252. The zero-order valence-corrected chi connectivity index (χ0v) is 8.03. The highest BCUT2D eigenvalue weighted by Crippen LogP contribution is 2.04. The molecule has 5 nitrogen and oxygen atoms in total. The summed E-state index contributed by atoms with van der Waals surface area (Å²) in [4.78, 5) is 24.0. The number of nitrogens with one attached hydrogen (secondary N) is 1. The van der Waals surface area contributed by atoms with Gasteiger partial charge in [0, 0.05) is 19.6 Å². The second-order valence-electron chi connectivity index (χ2n) is 3.25. The summed E-state index contributed by atoms with van der Waals surface area (Å²) in [6, 6.07) is -0.457. The number of nitrogens with zero attached hydrogens (tertiary/aromatic N) is 1. The van der Waals surface area contributed by atoms with Gasteiger partial charge in [-0.3, -0.25) is 9.59 Å². The van der Waals surface area contributed by atoms with Gasteiger partial charge < -0.3 is 16.0 Å². The number of nitrogens with two attached hydrogens (primary N) is 1. The van der Waals surface area contributed by atoms with Crippen LogP contribution in [-0.4, -0.2) is 42.4 Å². The molecule has 1 unspecified atom stereocenters. The van der Waals surface area contributed by atoms with Crippen molar-refractivity contribution in [2.45, 2.75) is 12.5 Å². The highest BCUT2D eigenvalue weighted by atomic mass is 16.2. The molecule has 0 aromatic heterocycles. The van der Waals surface area contributed by atoms with E-state index in [-0.39, 0.29) is 12.3 Å². The first kappa shape index (κ1) is 10.7. The van der Waals surface area contributed by atoms with E-state index in [4.69, 9.17) is 5.73 Å². The molecule has 1 saturated heterocycles. The van der Waals surface area contributed by atoms with Gasteiger partial charge in [-0.1, -0.05) is 6.08 Å². The highest BCUT2D eigenvalue weighted by Gasteiger charge is 2.28. The average Bonchev–Trinajstić information content (AvgIpc) is 2.11. The van der Waals surface area contributed by atoms with Crippen molar-refractivity contribution in [3.63, 3.8) is 0 Å². The van der Waals surface area contributed by atoms with Crippen LogP contribution in [-0.2, 0) is 9.59 Å². The molecule has 5 heteroatoms. The van der Waals surface area contributed by atoms with Gasteiger partial charge in [-0.25, -0.2) is 0 Å². The lowest BCUT2D eigenvalue weighted by molar-refractivity contribution is -0.137. The molecular formula is C9H15N3O2. The van der Waals surface area contributed by atoms with E-state index >= 15 is 0 Å². The molecule has 0 bridgehead atoms. The standard InChI is InChI=1S/C9H15N3O2/c1-2-4-12-5-3-11-7(9(12)14)6-8(10)13/h2,7,11H,1,3-6H2,(H2,10,13). The van der Waals surface area contributed by atoms with Crippen molar-refractivity contribution in [1.82, 2.24) is 10.2 Å². The van der Waals surface area contributed by atoms with Gasteiger partial charge in [-0.05, 0) is 0 Å². The molecular weight excluding hydrogens is 182 g/mol. The fraction of sp³-hybridized carbons (Fsp3) is 0.556. The lowest BCUT2D eigenvalue weighted by Crippen LogP contribution is -2.55. The van der Waals surface area contributed by atoms with E-state index in [0.717, 1.165) is 0 Å². The van der Waals surface area contributed by atoms with Crippen LogP contribution < -0.4 is 11.1 Å². The number of hydrogen-bond acceptors (Lipinski definition) is 3. The van der Waals surface area contributed by atoms with Gasteiger partial charge in [0.05, 0.1) is 12.5 Å². The Morgan fingerprint density at radius 1 is 1.79 bits per heavy atom. The summed E-state index contributed by atoms with van der Waals surface area (Å²) >= 11 is 0. The van der Waals surface area contributed by atoms with Gasteiger partial charge in [-0.15, -0.1) is 6.58 Å². The fourth-order valence-electron chi connectivity index (χ4n) is 1.49. The van der Waals surface area contributed by atoms with Gasteiger partial charge in [0.2, 0.25) is 11.8 Å². The van der Waals surface area contributed by atoms with Gasteiger partial charge in [0.25, 0.3) is 0 Å². The van der Waals surface area contributed by atoms with Crippen LogP contribution >= 0.6 is 0 Å². The highest BCUT2D eigenvalue weighted by molar-refractivity contribution is 5.88. The molecule has 0 saturated carbocycles. The first-order valence-corrected chi connectivity index (χ1v) is 4.56. The minimum absolute atomic E-state index is 0.0620. The molecule has 0 spiro atoms. The summed E-state index contributed by atoms with van der Waals surface area (Å²) in [5, 5.41) is 2.96. The quantitative estimate of drug-likeness (QED) is 0.559. The summed E-state index contributed by atoms with van der Waals surface area (Å²) < 4.78 is 0. The number of carbonyl (C=O) groups is 2. The molecule has 14 heavy (non-hydrogen) atoms. The summed E-state index contributed by atoms with van der Waals surface area (Å²) in [7, 11) is 0. The molecule has 1 aliphatic rings. The molecule has 1 heterocycles. The molecule has 3 N–H and O–H groups in total. The number of hydrogen-bond donors (Lipinski definition) is 2. The summed E-state index contributed by atoms with van der Waals surface area (Å²) in [5.74, 6) is -0.536. The minimum Gasteiger partial charge on any atom is -0.370 e. The monoisotopic (exact) mass is 197 g/mol. The third kappa shape index (κ3) is 2.56. The van der Waals surface area contributed by atoms with Gasteiger partial charge >= 0.3 is 0 Å². The Morgan fingerprint density at radius 3 is 3.07 bits per heavy atom. The van der Waals surface area contributed by atoms with Crippen molar-refractivity contribution in [1.29, 1.82) is 0 Å². The van der Waals surface area contributed by atoms with Gasteiger partial charge in [0.15, 0.2) is 0 Å². The van der Waals surface area contributed by atoms with Crippen molar-refractivity contribution < 1.29 is 9.59 Å². The molecule has 78 valence electrons. The molecule has 1 fully saturated rings. The Hall–Kier alpha value is -1.36. The van der Waals surface area contributed by atoms with Crippen LogP contribution in [0.15, 0.2) is 12.7 Å². The number of piperazine rings is 1. The van der Waals surface area contributed by atoms with Crippen molar-refractivity contribution in [2.75, 3.05) is 19.6 Å². The Balaban J connectivity index is 2.56. The lowest BCUT2D eigenvalue weighted by atomic mass is 10.1. The minimum atomic E-state index is -0.462. The third-order valence-corrected chi connectivity index (χ3v) is 2.14. The third-order valence-electron chi connectivity index (χ3n) is 2.14. The van der Waals surface area contributed by atoms with Crippen LogP contribution in [0, 0.1) is 0 Å². The van der Waals surface area contributed by atoms with E-state index in [2.05, 4.69) is 11.9 Å². The van der Waals surface area contributed by atoms with Crippen molar-refractivity contribution in [3.8, 4) is 0 Å². The largest absolute Gasteiger partial charge is 0.370 e. The topological polar surface area (TPSA) is 75.4 Å². The molecule has 1 atom stereocenters. The van der Waals surface area contributed by atoms with Gasteiger partial charge in [0.1, 0.15) is 0 Å². The number of rotatable bonds is 4. The average molecular weight is 197 g/mol. The Morgan fingerprint density at radius 2 is 2.50 bits per heavy atom. The molecule has 0 aromatic carbocycles. The van der Waals surface area contributed by atoms with Crippen LogP contribution in [0.4, 0.5) is 0 Å². The zero-order chi connectivity index (χ0) is 10.6. The summed E-state index contributed by atoms with van der Waals surface area (Å²) in [6.45, 7) is 5.44. The predicted molar refractivity (Wildman–Crippen MR) is 52.4 cm³/mol. The molecule has 1 aliphatic heterocycles. The first-order chi connectivity index (χ1) is 6.65. The smallest absolute Gasteiger partial charge is 0.240 e. The van der Waals surface area contributed by atoms with E-state index < -0.39 is 11.9 Å². The van der Waals surface area contributed by atoms with Crippen LogP contribution in [0.5, 0.6) is 0 Å². The maximum atomic E-state index is 11.7. The number of amides is 2. The Labute approximate surface area is 82.9 Å². The number of primary amides is 1. The Kier molecular flexibility index (Phi) is 3.64. The van der Waals surface area contributed by atoms with E-state index in [1.807, 2.05) is 0 Å². The van der Waals surface area contributed by atoms with E-state index in [9.17, 15) is 9.59 Å². The maximum absolute atomic E-state index is 11.7. The zero-order valence-electron chi connectivity index (χ0n) is 8.03. The normalized spacial score (nSPS) is 22.1. The first-order valence-electron chi connectivity index (χ1n) is 4.56. The van der Waals surface area contributed by atoms with Crippen LogP contribution in [0.3, 0.4) is 0 Å². The van der Waals surface area contributed by atoms with Crippen LogP contribution in [0.2, 0.25) is 0 Å². The molecule has 1 rings (SSSR count). The van der Waals surface area contributed by atoms with Crippen molar-refractivity contribution >= 4 is 11.8 Å². The molecule has 0 radical (unpaired) electrons. The maximum Gasteiger partial charge on any atom is 0.240 e. The predicted octanol–water partition coefficient (Wildman–Crippen LogP) is -1.15. The van der Waals surface area contributed by atoms with E-state index in [1.54, 1.807) is 11.0 Å². The lowest BCUT2D eigenvalue weighted by Gasteiger charge is -2.31.